The number of nitrogens with zero attached hydrogens (tertiary/aromatic N) is 2. The number of methoxy groups -OCH3 is 2. The molecule has 172 valence electrons. The Morgan fingerprint density at radius 2 is 1.82 bits per heavy atom. The van der Waals surface area contributed by atoms with E-state index in [0.29, 0.717) is 54.8 Å². The first-order valence-corrected chi connectivity index (χ1v) is 10.3. The van der Waals surface area contributed by atoms with Crippen molar-refractivity contribution in [2.45, 2.75) is 0 Å². The SMILES string of the molecule is COc1ccccc1NC(=O)/C(C#N)=C\c1ccc(OCC(=O)N2CCOCC2)c(OC)c1. The minimum atomic E-state index is -0.572. The molecule has 1 aliphatic heterocycles. The zero-order chi connectivity index (χ0) is 23.6. The topological polar surface area (TPSA) is 110 Å². The normalized spacial score (nSPS) is 13.6. The largest absolute Gasteiger partial charge is 0.495 e. The van der Waals surface area contributed by atoms with Crippen LogP contribution in [-0.4, -0.2) is 63.8 Å². The Hall–Kier alpha value is -4.03. The molecule has 0 aliphatic carbocycles. The van der Waals surface area contributed by atoms with E-state index in [9.17, 15) is 14.9 Å². The van der Waals surface area contributed by atoms with Crippen molar-refractivity contribution in [1.29, 1.82) is 5.26 Å². The molecule has 3 rings (SSSR count). The van der Waals surface area contributed by atoms with Gasteiger partial charge in [-0.1, -0.05) is 18.2 Å². The fraction of sp³-hybridized carbons (Fsp3) is 0.292. The number of hydrogen-bond donors (Lipinski definition) is 1. The van der Waals surface area contributed by atoms with Gasteiger partial charge >= 0.3 is 0 Å². The van der Waals surface area contributed by atoms with Crippen molar-refractivity contribution >= 4 is 23.6 Å². The van der Waals surface area contributed by atoms with Gasteiger partial charge in [-0.15, -0.1) is 0 Å². The molecular formula is C24H25N3O6. The number of nitriles is 1. The maximum atomic E-state index is 12.6. The van der Waals surface area contributed by atoms with Crippen LogP contribution < -0.4 is 19.5 Å². The molecule has 0 bridgehead atoms. The summed E-state index contributed by atoms with van der Waals surface area (Å²) in [5, 5.41) is 12.2. The first-order valence-electron chi connectivity index (χ1n) is 10.3. The van der Waals surface area contributed by atoms with Gasteiger partial charge < -0.3 is 29.2 Å². The van der Waals surface area contributed by atoms with Crippen LogP contribution in [-0.2, 0) is 14.3 Å². The van der Waals surface area contributed by atoms with Crippen LogP contribution in [0.3, 0.4) is 0 Å². The second kappa shape index (κ2) is 11.5. The molecule has 1 heterocycles. The van der Waals surface area contributed by atoms with E-state index in [-0.39, 0.29) is 18.1 Å². The van der Waals surface area contributed by atoms with Crippen LogP contribution in [0.1, 0.15) is 5.56 Å². The molecule has 0 unspecified atom stereocenters. The summed E-state index contributed by atoms with van der Waals surface area (Å²) >= 11 is 0. The highest BCUT2D eigenvalue weighted by atomic mass is 16.5. The average molecular weight is 451 g/mol. The maximum Gasteiger partial charge on any atom is 0.266 e. The highest BCUT2D eigenvalue weighted by Crippen LogP contribution is 2.29. The third-order valence-electron chi connectivity index (χ3n) is 4.93. The molecule has 1 N–H and O–H groups in total. The van der Waals surface area contributed by atoms with Gasteiger partial charge in [-0.2, -0.15) is 5.26 Å². The summed E-state index contributed by atoms with van der Waals surface area (Å²) in [6, 6.07) is 13.8. The van der Waals surface area contributed by atoms with Crippen LogP contribution in [0, 0.1) is 11.3 Å². The Morgan fingerprint density at radius 1 is 1.09 bits per heavy atom. The van der Waals surface area contributed by atoms with E-state index in [1.807, 2.05) is 6.07 Å². The number of para-hydroxylation sites is 2. The fourth-order valence-electron chi connectivity index (χ4n) is 3.19. The summed E-state index contributed by atoms with van der Waals surface area (Å²) < 4.78 is 21.5. The zero-order valence-electron chi connectivity index (χ0n) is 18.5. The number of morpholine rings is 1. The van der Waals surface area contributed by atoms with Crippen molar-refractivity contribution in [1.82, 2.24) is 4.90 Å². The van der Waals surface area contributed by atoms with Crippen molar-refractivity contribution in [2.75, 3.05) is 52.4 Å². The molecule has 2 aromatic carbocycles. The number of rotatable bonds is 8. The second-order valence-electron chi connectivity index (χ2n) is 7.02. The van der Waals surface area contributed by atoms with Gasteiger partial charge in [-0.05, 0) is 35.9 Å². The van der Waals surface area contributed by atoms with Crippen LogP contribution in [0.25, 0.3) is 6.08 Å². The monoisotopic (exact) mass is 451 g/mol. The summed E-state index contributed by atoms with van der Waals surface area (Å²) in [4.78, 5) is 26.6. The fourth-order valence-corrected chi connectivity index (χ4v) is 3.19. The predicted molar refractivity (Wildman–Crippen MR) is 121 cm³/mol. The quantitative estimate of drug-likeness (QED) is 0.485. The lowest BCUT2D eigenvalue weighted by atomic mass is 10.1. The zero-order valence-corrected chi connectivity index (χ0v) is 18.5. The number of nitrogens with one attached hydrogen (secondary N) is 1. The van der Waals surface area contributed by atoms with Crippen molar-refractivity contribution in [3.8, 4) is 23.3 Å². The van der Waals surface area contributed by atoms with Gasteiger partial charge in [-0.3, -0.25) is 9.59 Å². The van der Waals surface area contributed by atoms with E-state index in [1.54, 1.807) is 47.4 Å². The third kappa shape index (κ3) is 6.24. The molecule has 1 saturated heterocycles. The Morgan fingerprint density at radius 3 is 2.52 bits per heavy atom. The standard InChI is InChI=1S/C24H25N3O6/c1-30-20-6-4-3-5-19(20)26-24(29)18(15-25)13-17-7-8-21(22(14-17)31-2)33-16-23(28)27-9-11-32-12-10-27/h3-8,13-14H,9-12,16H2,1-2H3,(H,26,29)/b18-13-. The smallest absolute Gasteiger partial charge is 0.266 e. The van der Waals surface area contributed by atoms with E-state index in [4.69, 9.17) is 18.9 Å². The van der Waals surface area contributed by atoms with Crippen LogP contribution >= 0.6 is 0 Å². The molecule has 33 heavy (non-hydrogen) atoms. The van der Waals surface area contributed by atoms with E-state index < -0.39 is 5.91 Å². The van der Waals surface area contributed by atoms with Crippen molar-refractivity contribution in [3.05, 3.63) is 53.6 Å². The molecule has 0 atom stereocenters. The lowest BCUT2D eigenvalue weighted by molar-refractivity contribution is -0.137. The Bertz CT molecular complexity index is 1070. The first kappa shape index (κ1) is 23.6. The molecule has 9 heteroatoms. The summed E-state index contributed by atoms with van der Waals surface area (Å²) in [6.45, 7) is 1.98. The highest BCUT2D eigenvalue weighted by Gasteiger charge is 2.18. The Balaban J connectivity index is 1.70. The summed E-state index contributed by atoms with van der Waals surface area (Å²) in [7, 11) is 2.97. The van der Waals surface area contributed by atoms with Crippen molar-refractivity contribution in [2.24, 2.45) is 0 Å². The van der Waals surface area contributed by atoms with E-state index in [1.165, 1.54) is 20.3 Å². The summed E-state index contributed by atoms with van der Waals surface area (Å²) in [5.41, 5.74) is 0.918. The lowest BCUT2D eigenvalue weighted by Gasteiger charge is -2.26. The van der Waals surface area contributed by atoms with E-state index >= 15 is 0 Å². The Labute approximate surface area is 192 Å². The molecule has 0 spiro atoms. The van der Waals surface area contributed by atoms with Gasteiger partial charge in [0.15, 0.2) is 18.1 Å². The summed E-state index contributed by atoms with van der Waals surface area (Å²) in [6.07, 6.45) is 1.44. The van der Waals surface area contributed by atoms with Gasteiger partial charge in [0.2, 0.25) is 0 Å². The number of ether oxygens (including phenoxy) is 4. The molecule has 2 amide bonds. The van der Waals surface area contributed by atoms with Gasteiger partial charge in [0.1, 0.15) is 17.4 Å². The van der Waals surface area contributed by atoms with Crippen molar-refractivity contribution in [3.63, 3.8) is 0 Å². The number of benzene rings is 2. The maximum absolute atomic E-state index is 12.6. The molecule has 1 aliphatic rings. The van der Waals surface area contributed by atoms with Gasteiger partial charge in [0, 0.05) is 13.1 Å². The number of carbonyl (C=O) groups excluding carboxylic acids is 2. The average Bonchev–Trinajstić information content (AvgIpc) is 2.86. The van der Waals surface area contributed by atoms with Crippen LogP contribution in [0.4, 0.5) is 5.69 Å². The molecule has 0 radical (unpaired) electrons. The number of hydrogen-bond acceptors (Lipinski definition) is 7. The predicted octanol–water partition coefficient (Wildman–Crippen LogP) is 2.49. The molecule has 1 fully saturated rings. The molecule has 9 nitrogen and oxygen atoms in total. The van der Waals surface area contributed by atoms with E-state index in [0.717, 1.165) is 0 Å². The molecule has 0 aromatic heterocycles. The first-order chi connectivity index (χ1) is 16.0. The molecule has 2 aromatic rings. The number of carbonyl (C=O) groups is 2. The molecule has 0 saturated carbocycles. The minimum Gasteiger partial charge on any atom is -0.495 e. The van der Waals surface area contributed by atoms with Gasteiger partial charge in [0.25, 0.3) is 11.8 Å². The van der Waals surface area contributed by atoms with Gasteiger partial charge in [0.05, 0.1) is 33.1 Å². The molecular weight excluding hydrogens is 426 g/mol. The number of amides is 2. The minimum absolute atomic E-state index is 0.0980. The van der Waals surface area contributed by atoms with Crippen LogP contribution in [0.5, 0.6) is 17.2 Å². The summed E-state index contributed by atoms with van der Waals surface area (Å²) in [5.74, 6) is 0.536. The van der Waals surface area contributed by atoms with Crippen molar-refractivity contribution < 1.29 is 28.5 Å². The van der Waals surface area contributed by atoms with Crippen LogP contribution in [0.2, 0.25) is 0 Å². The second-order valence-corrected chi connectivity index (χ2v) is 7.02. The lowest BCUT2D eigenvalue weighted by Crippen LogP contribution is -2.43. The van der Waals surface area contributed by atoms with E-state index in [2.05, 4.69) is 5.32 Å². The highest BCUT2D eigenvalue weighted by molar-refractivity contribution is 6.10. The van der Waals surface area contributed by atoms with Gasteiger partial charge in [-0.25, -0.2) is 0 Å². The number of anilines is 1. The third-order valence-corrected chi connectivity index (χ3v) is 4.93. The van der Waals surface area contributed by atoms with Crippen LogP contribution in [0.15, 0.2) is 48.0 Å². The Kier molecular flexibility index (Phi) is 8.27.